The van der Waals surface area contributed by atoms with Crippen molar-refractivity contribution in [2.75, 3.05) is 6.54 Å². The highest BCUT2D eigenvalue weighted by molar-refractivity contribution is 5.81. The van der Waals surface area contributed by atoms with Crippen LogP contribution < -0.4 is 11.1 Å². The first-order valence-electron chi connectivity index (χ1n) is 11.0. The Kier molecular flexibility index (Phi) is 8.26. The fraction of sp³-hybridized carbons (Fsp3) is 0.480. The summed E-state index contributed by atoms with van der Waals surface area (Å²) >= 11 is 0. The predicted octanol–water partition coefficient (Wildman–Crippen LogP) is 3.98. The number of nitrogens with two attached hydrogens (primary N) is 1. The molecule has 0 aromatic heterocycles. The molecule has 0 radical (unpaired) electrons. The van der Waals surface area contributed by atoms with E-state index in [0.29, 0.717) is 12.5 Å². The van der Waals surface area contributed by atoms with Crippen molar-refractivity contribution in [2.24, 2.45) is 11.7 Å². The van der Waals surface area contributed by atoms with E-state index >= 15 is 0 Å². The molecular formula is C25H34N2O2. The zero-order valence-electron chi connectivity index (χ0n) is 17.2. The number of hydrogen-bond donors (Lipinski definition) is 3. The van der Waals surface area contributed by atoms with E-state index in [0.717, 1.165) is 25.7 Å². The van der Waals surface area contributed by atoms with Crippen molar-refractivity contribution in [3.63, 3.8) is 0 Å². The van der Waals surface area contributed by atoms with Gasteiger partial charge in [-0.3, -0.25) is 4.79 Å². The number of aliphatic hydroxyl groups excluding tert-OH is 1. The lowest BCUT2D eigenvalue weighted by atomic mass is 9.84. The summed E-state index contributed by atoms with van der Waals surface area (Å²) in [5.74, 6) is 0.390. The highest BCUT2D eigenvalue weighted by Gasteiger charge is 2.26. The van der Waals surface area contributed by atoms with Gasteiger partial charge >= 0.3 is 0 Å². The van der Waals surface area contributed by atoms with Crippen LogP contribution in [-0.2, 0) is 4.79 Å². The minimum Gasteiger partial charge on any atom is -0.382 e. The predicted molar refractivity (Wildman–Crippen MR) is 118 cm³/mol. The Balaban J connectivity index is 1.52. The topological polar surface area (TPSA) is 75.3 Å². The molecule has 0 bridgehead atoms. The molecule has 2 aromatic carbocycles. The number of carbonyl (C=O) groups is 1. The molecular weight excluding hydrogens is 360 g/mol. The van der Waals surface area contributed by atoms with Crippen molar-refractivity contribution >= 4 is 5.91 Å². The monoisotopic (exact) mass is 394 g/mol. The van der Waals surface area contributed by atoms with Crippen LogP contribution in [0, 0.1) is 5.92 Å². The third-order valence-corrected chi connectivity index (χ3v) is 6.14. The van der Waals surface area contributed by atoms with Gasteiger partial charge in [0.1, 0.15) is 6.10 Å². The second kappa shape index (κ2) is 11.1. The molecule has 1 aliphatic rings. The molecule has 1 saturated carbocycles. The van der Waals surface area contributed by atoms with Gasteiger partial charge in [0.25, 0.3) is 0 Å². The molecule has 0 heterocycles. The van der Waals surface area contributed by atoms with Crippen LogP contribution in [0.3, 0.4) is 0 Å². The van der Waals surface area contributed by atoms with Crippen LogP contribution in [0.5, 0.6) is 0 Å². The lowest BCUT2D eigenvalue weighted by Gasteiger charge is -2.26. The van der Waals surface area contributed by atoms with E-state index in [4.69, 9.17) is 5.73 Å². The average molecular weight is 395 g/mol. The Bertz CT molecular complexity index is 690. The van der Waals surface area contributed by atoms with E-state index in [9.17, 15) is 9.90 Å². The van der Waals surface area contributed by atoms with Gasteiger partial charge in [0.05, 0.1) is 0 Å². The third kappa shape index (κ3) is 6.41. The quantitative estimate of drug-likeness (QED) is 0.602. The minimum atomic E-state index is -1.14. The van der Waals surface area contributed by atoms with Crippen LogP contribution in [0.4, 0.5) is 0 Å². The summed E-state index contributed by atoms with van der Waals surface area (Å²) in [6.45, 7) is 0.500. The van der Waals surface area contributed by atoms with Crippen LogP contribution in [0.1, 0.15) is 62.0 Å². The van der Waals surface area contributed by atoms with E-state index in [2.05, 4.69) is 29.6 Å². The Morgan fingerprint density at radius 3 is 2.07 bits per heavy atom. The molecule has 3 rings (SSSR count). The Labute approximate surface area is 174 Å². The number of aliphatic hydroxyl groups is 1. The third-order valence-electron chi connectivity index (χ3n) is 6.14. The fourth-order valence-corrected chi connectivity index (χ4v) is 4.47. The highest BCUT2D eigenvalue weighted by Crippen LogP contribution is 2.28. The first-order valence-corrected chi connectivity index (χ1v) is 11.0. The molecule has 0 aliphatic heterocycles. The van der Waals surface area contributed by atoms with Crippen LogP contribution in [0.2, 0.25) is 0 Å². The summed E-state index contributed by atoms with van der Waals surface area (Å²) in [5, 5.41) is 13.3. The van der Waals surface area contributed by atoms with Gasteiger partial charge in [0.2, 0.25) is 5.91 Å². The zero-order chi connectivity index (χ0) is 20.5. The van der Waals surface area contributed by atoms with E-state index in [1.807, 2.05) is 36.4 Å². The summed E-state index contributed by atoms with van der Waals surface area (Å²) < 4.78 is 0. The van der Waals surface area contributed by atoms with E-state index in [1.165, 1.54) is 30.4 Å². The summed E-state index contributed by atoms with van der Waals surface area (Å²) in [7, 11) is 0. The average Bonchev–Trinajstić information content (AvgIpc) is 2.78. The van der Waals surface area contributed by atoms with Gasteiger partial charge in [-0.1, -0.05) is 92.8 Å². The molecule has 156 valence electrons. The molecule has 1 aliphatic carbocycles. The molecule has 4 N–H and O–H groups in total. The van der Waals surface area contributed by atoms with Gasteiger partial charge in [0, 0.05) is 18.5 Å². The van der Waals surface area contributed by atoms with Crippen molar-refractivity contribution in [2.45, 2.75) is 63.0 Å². The Hall–Kier alpha value is -2.17. The number of rotatable bonds is 9. The van der Waals surface area contributed by atoms with Gasteiger partial charge in [0.15, 0.2) is 0 Å². The minimum absolute atomic E-state index is 0.200. The van der Waals surface area contributed by atoms with Crippen molar-refractivity contribution in [3.8, 4) is 0 Å². The van der Waals surface area contributed by atoms with Crippen LogP contribution in [-0.4, -0.2) is 29.7 Å². The second-order valence-electron chi connectivity index (χ2n) is 8.30. The fourth-order valence-electron chi connectivity index (χ4n) is 4.47. The smallest absolute Gasteiger partial charge is 0.250 e. The number of hydrogen-bond acceptors (Lipinski definition) is 3. The molecule has 29 heavy (non-hydrogen) atoms. The second-order valence-corrected chi connectivity index (χ2v) is 8.30. The van der Waals surface area contributed by atoms with Gasteiger partial charge in [-0.05, 0) is 29.9 Å². The molecule has 1 unspecified atom stereocenters. The van der Waals surface area contributed by atoms with Crippen LogP contribution in [0.25, 0.3) is 0 Å². The molecule has 4 nitrogen and oxygen atoms in total. The normalized spacial score (nSPS) is 17.1. The maximum absolute atomic E-state index is 12.4. The lowest BCUT2D eigenvalue weighted by Crippen LogP contribution is -2.47. The number of amides is 1. The van der Waals surface area contributed by atoms with E-state index in [1.54, 1.807) is 0 Å². The molecule has 0 spiro atoms. The van der Waals surface area contributed by atoms with Gasteiger partial charge in [-0.15, -0.1) is 0 Å². The van der Waals surface area contributed by atoms with Crippen LogP contribution >= 0.6 is 0 Å². The van der Waals surface area contributed by atoms with Gasteiger partial charge in [-0.2, -0.15) is 0 Å². The van der Waals surface area contributed by atoms with Crippen molar-refractivity contribution in [3.05, 3.63) is 71.8 Å². The highest BCUT2D eigenvalue weighted by atomic mass is 16.3. The molecule has 2 aromatic rings. The molecule has 2 atom stereocenters. The molecule has 1 fully saturated rings. The van der Waals surface area contributed by atoms with E-state index < -0.39 is 12.1 Å². The zero-order valence-corrected chi connectivity index (χ0v) is 17.2. The van der Waals surface area contributed by atoms with Crippen LogP contribution in [0.15, 0.2) is 60.7 Å². The van der Waals surface area contributed by atoms with Crippen molar-refractivity contribution < 1.29 is 9.90 Å². The summed E-state index contributed by atoms with van der Waals surface area (Å²) in [5.41, 5.74) is 8.60. The molecule has 4 heteroatoms. The Morgan fingerprint density at radius 1 is 0.966 bits per heavy atom. The standard InChI is InChI=1S/C25H34N2O2/c26-23(18-19-10-4-1-5-11-19)24(28)25(29)27-17-16-22(20-12-6-2-7-13-20)21-14-8-3-9-15-21/h2-3,6-9,12-15,19,22-24,28H,1,4-5,10-11,16-18,26H2,(H,27,29)/t23-,24?/m1/s1. The molecule has 1 amide bonds. The van der Waals surface area contributed by atoms with Gasteiger partial charge < -0.3 is 16.2 Å². The largest absolute Gasteiger partial charge is 0.382 e. The summed E-state index contributed by atoms with van der Waals surface area (Å²) in [6.07, 6.45) is 6.45. The Morgan fingerprint density at radius 2 is 1.52 bits per heavy atom. The molecule has 0 saturated heterocycles. The first kappa shape index (κ1) is 21.5. The van der Waals surface area contributed by atoms with Gasteiger partial charge in [-0.25, -0.2) is 0 Å². The number of nitrogens with one attached hydrogen (secondary N) is 1. The maximum atomic E-state index is 12.4. The van der Waals surface area contributed by atoms with Crippen molar-refractivity contribution in [1.82, 2.24) is 5.32 Å². The SMILES string of the molecule is N[C@H](CC1CCCCC1)C(O)C(=O)NCCC(c1ccccc1)c1ccccc1. The maximum Gasteiger partial charge on any atom is 0.250 e. The summed E-state index contributed by atoms with van der Waals surface area (Å²) in [6, 6.07) is 20.2. The first-order chi connectivity index (χ1) is 14.1. The number of benzene rings is 2. The van der Waals surface area contributed by atoms with E-state index in [-0.39, 0.29) is 11.8 Å². The summed E-state index contributed by atoms with van der Waals surface area (Å²) in [4.78, 5) is 12.4. The lowest BCUT2D eigenvalue weighted by molar-refractivity contribution is -0.130. The number of carbonyl (C=O) groups excluding carboxylic acids is 1. The van der Waals surface area contributed by atoms with Crippen molar-refractivity contribution in [1.29, 1.82) is 0 Å².